The van der Waals surface area contributed by atoms with Crippen molar-refractivity contribution < 1.29 is 4.79 Å². The van der Waals surface area contributed by atoms with Gasteiger partial charge in [0.1, 0.15) is 5.15 Å². The molecule has 0 unspecified atom stereocenters. The van der Waals surface area contributed by atoms with Crippen molar-refractivity contribution in [3.05, 3.63) is 57.9 Å². The molecule has 0 aliphatic heterocycles. The van der Waals surface area contributed by atoms with Crippen LogP contribution in [0.2, 0.25) is 5.15 Å². The molecule has 0 spiro atoms. The van der Waals surface area contributed by atoms with Crippen molar-refractivity contribution in [1.29, 1.82) is 0 Å². The van der Waals surface area contributed by atoms with E-state index >= 15 is 0 Å². The van der Waals surface area contributed by atoms with Crippen LogP contribution in [0.5, 0.6) is 0 Å². The average molecular weight is 360 g/mol. The fourth-order valence-corrected chi connectivity index (χ4v) is 2.86. The lowest BCUT2D eigenvalue weighted by Gasteiger charge is -2.15. The first kappa shape index (κ1) is 19.3. The Kier molecular flexibility index (Phi) is 6.43. The normalized spacial score (nSPS) is 11.5. The van der Waals surface area contributed by atoms with Crippen LogP contribution in [0.3, 0.4) is 0 Å². The van der Waals surface area contributed by atoms with Crippen molar-refractivity contribution in [2.75, 3.05) is 7.05 Å². The third-order valence-electron chi connectivity index (χ3n) is 3.96. The summed E-state index contributed by atoms with van der Waals surface area (Å²) in [5, 5.41) is 5.04. The summed E-state index contributed by atoms with van der Waals surface area (Å²) >= 11 is 6.41. The van der Waals surface area contributed by atoms with Crippen LogP contribution in [-0.2, 0) is 17.9 Å². The molecular formula is C20H26ClN3O. The lowest BCUT2D eigenvalue weighted by Crippen LogP contribution is -2.24. The summed E-state index contributed by atoms with van der Waals surface area (Å²) < 4.78 is 1.79. The van der Waals surface area contributed by atoms with Gasteiger partial charge >= 0.3 is 0 Å². The summed E-state index contributed by atoms with van der Waals surface area (Å²) in [5.74, 6) is 0.392. The van der Waals surface area contributed by atoms with Crippen LogP contribution < -0.4 is 0 Å². The van der Waals surface area contributed by atoms with E-state index in [0.717, 1.165) is 23.4 Å². The Hall–Kier alpha value is -2.07. The summed E-state index contributed by atoms with van der Waals surface area (Å²) in [6.07, 6.45) is 3.32. The van der Waals surface area contributed by atoms with Crippen LogP contribution in [-0.4, -0.2) is 27.6 Å². The Morgan fingerprint density at radius 2 is 1.92 bits per heavy atom. The van der Waals surface area contributed by atoms with Crippen LogP contribution in [0, 0.1) is 19.8 Å². The molecular weight excluding hydrogens is 334 g/mol. The molecule has 5 heteroatoms. The zero-order valence-electron chi connectivity index (χ0n) is 15.6. The van der Waals surface area contributed by atoms with Crippen LogP contribution in [0.25, 0.3) is 6.08 Å². The van der Waals surface area contributed by atoms with Crippen molar-refractivity contribution in [2.24, 2.45) is 5.92 Å². The third-order valence-corrected chi connectivity index (χ3v) is 4.36. The van der Waals surface area contributed by atoms with Crippen molar-refractivity contribution in [2.45, 2.75) is 40.8 Å². The van der Waals surface area contributed by atoms with Gasteiger partial charge in [-0.25, -0.2) is 0 Å². The summed E-state index contributed by atoms with van der Waals surface area (Å²) in [4.78, 5) is 14.0. The minimum absolute atomic E-state index is 0.0624. The second-order valence-electron chi connectivity index (χ2n) is 6.88. The second kappa shape index (κ2) is 8.34. The Morgan fingerprint density at radius 1 is 1.28 bits per heavy atom. The van der Waals surface area contributed by atoms with E-state index < -0.39 is 0 Å². The van der Waals surface area contributed by atoms with E-state index in [4.69, 9.17) is 11.6 Å². The van der Waals surface area contributed by atoms with Crippen LogP contribution >= 0.6 is 11.6 Å². The number of nitrogens with zero attached hydrogens (tertiary/aromatic N) is 3. The van der Waals surface area contributed by atoms with Crippen LogP contribution in [0.4, 0.5) is 0 Å². The first-order valence-corrected chi connectivity index (χ1v) is 8.87. The molecule has 0 aliphatic rings. The smallest absolute Gasteiger partial charge is 0.246 e. The molecule has 134 valence electrons. The molecule has 0 N–H and O–H groups in total. The third kappa shape index (κ3) is 5.20. The number of rotatable bonds is 6. The first-order chi connectivity index (χ1) is 11.8. The van der Waals surface area contributed by atoms with Gasteiger partial charge in [-0.2, -0.15) is 5.10 Å². The quantitative estimate of drug-likeness (QED) is 0.713. The Bertz CT molecular complexity index is 760. The van der Waals surface area contributed by atoms with E-state index in [2.05, 4.69) is 31.1 Å². The van der Waals surface area contributed by atoms with Gasteiger partial charge < -0.3 is 4.90 Å². The molecule has 0 saturated heterocycles. The molecule has 0 bridgehead atoms. The molecule has 1 aromatic carbocycles. The standard InChI is InChI=1S/C20H26ClN3O/c1-14(2)12-24-20(21)18(16(4)22-24)10-11-19(25)23(5)13-17-8-6-15(3)7-9-17/h6-11,14H,12-13H2,1-5H3/b11-10+. The van der Waals surface area contributed by atoms with Gasteiger partial charge in [0.2, 0.25) is 5.91 Å². The number of benzene rings is 1. The SMILES string of the molecule is Cc1ccc(CN(C)C(=O)/C=C/c2c(C)nn(CC(C)C)c2Cl)cc1. The van der Waals surface area contributed by atoms with Crippen molar-refractivity contribution in [3.63, 3.8) is 0 Å². The highest BCUT2D eigenvalue weighted by Gasteiger charge is 2.13. The number of hydrogen-bond donors (Lipinski definition) is 0. The summed E-state index contributed by atoms with van der Waals surface area (Å²) in [6.45, 7) is 9.52. The largest absolute Gasteiger partial charge is 0.338 e. The van der Waals surface area contributed by atoms with Gasteiger partial charge in [0.25, 0.3) is 0 Å². The predicted molar refractivity (Wildman–Crippen MR) is 103 cm³/mol. The molecule has 1 amide bonds. The number of aryl methyl sites for hydroxylation is 2. The minimum atomic E-state index is -0.0624. The summed E-state index contributed by atoms with van der Waals surface area (Å²) in [7, 11) is 1.79. The second-order valence-corrected chi connectivity index (χ2v) is 7.24. The summed E-state index contributed by atoms with van der Waals surface area (Å²) in [5.41, 5.74) is 3.95. The minimum Gasteiger partial charge on any atom is -0.338 e. The number of amides is 1. The highest BCUT2D eigenvalue weighted by atomic mass is 35.5. The average Bonchev–Trinajstić information content (AvgIpc) is 2.80. The van der Waals surface area contributed by atoms with Crippen molar-refractivity contribution in [1.82, 2.24) is 14.7 Å². The van der Waals surface area contributed by atoms with Gasteiger partial charge in [-0.1, -0.05) is 55.3 Å². The Morgan fingerprint density at radius 3 is 2.52 bits per heavy atom. The Balaban J connectivity index is 2.06. The fraction of sp³-hybridized carbons (Fsp3) is 0.400. The lowest BCUT2D eigenvalue weighted by molar-refractivity contribution is -0.125. The molecule has 0 aliphatic carbocycles. The van der Waals surface area contributed by atoms with Crippen molar-refractivity contribution >= 4 is 23.6 Å². The maximum Gasteiger partial charge on any atom is 0.246 e. The molecule has 0 radical (unpaired) electrons. The zero-order chi connectivity index (χ0) is 18.6. The van der Waals surface area contributed by atoms with E-state index in [1.54, 1.807) is 28.8 Å². The number of hydrogen-bond acceptors (Lipinski definition) is 2. The van der Waals surface area contributed by atoms with Gasteiger partial charge in [0.15, 0.2) is 0 Å². The molecule has 25 heavy (non-hydrogen) atoms. The van der Waals surface area contributed by atoms with Gasteiger partial charge in [0.05, 0.1) is 5.69 Å². The number of aromatic nitrogens is 2. The highest BCUT2D eigenvalue weighted by molar-refractivity contribution is 6.31. The molecule has 0 atom stereocenters. The van der Waals surface area contributed by atoms with E-state index in [9.17, 15) is 4.79 Å². The first-order valence-electron chi connectivity index (χ1n) is 8.49. The summed E-state index contributed by atoms with van der Waals surface area (Å²) in [6, 6.07) is 8.19. The van der Waals surface area contributed by atoms with Gasteiger partial charge in [-0.15, -0.1) is 0 Å². The lowest BCUT2D eigenvalue weighted by atomic mass is 10.1. The zero-order valence-corrected chi connectivity index (χ0v) is 16.3. The number of halogens is 1. The number of likely N-dealkylation sites (N-methyl/N-ethyl adjacent to an activating group) is 1. The maximum atomic E-state index is 12.4. The molecule has 2 aromatic rings. The monoisotopic (exact) mass is 359 g/mol. The molecule has 1 aromatic heterocycles. The van der Waals surface area contributed by atoms with Gasteiger partial charge in [-0.05, 0) is 31.4 Å². The predicted octanol–water partition coefficient (Wildman–Crippen LogP) is 4.48. The Labute approximate surface area is 155 Å². The number of carbonyl (C=O) groups is 1. The molecule has 4 nitrogen and oxygen atoms in total. The molecule has 0 saturated carbocycles. The molecule has 2 rings (SSSR count). The van der Waals surface area contributed by atoms with Gasteiger partial charge in [-0.3, -0.25) is 9.48 Å². The van der Waals surface area contributed by atoms with Crippen LogP contribution in [0.15, 0.2) is 30.3 Å². The molecule has 0 fully saturated rings. The van der Waals surface area contributed by atoms with Crippen molar-refractivity contribution in [3.8, 4) is 0 Å². The van der Waals surface area contributed by atoms with Crippen LogP contribution in [0.1, 0.15) is 36.2 Å². The molecule has 1 heterocycles. The number of carbonyl (C=O) groups excluding carboxylic acids is 1. The van der Waals surface area contributed by atoms with E-state index in [1.807, 2.05) is 26.0 Å². The topological polar surface area (TPSA) is 38.1 Å². The fourth-order valence-electron chi connectivity index (χ4n) is 2.55. The van der Waals surface area contributed by atoms with E-state index in [0.29, 0.717) is 17.6 Å². The van der Waals surface area contributed by atoms with Gasteiger partial charge in [0, 0.05) is 31.8 Å². The van der Waals surface area contributed by atoms with E-state index in [-0.39, 0.29) is 5.91 Å². The highest BCUT2D eigenvalue weighted by Crippen LogP contribution is 2.22. The maximum absolute atomic E-state index is 12.4. The van der Waals surface area contributed by atoms with E-state index in [1.165, 1.54) is 5.56 Å².